The Morgan fingerprint density at radius 3 is 2.94 bits per heavy atom. The molecule has 0 radical (unpaired) electrons. The van der Waals surface area contributed by atoms with E-state index >= 15 is 0 Å². The number of likely N-dealkylation sites (tertiary alicyclic amines) is 1. The predicted molar refractivity (Wildman–Crippen MR) is 68.8 cm³/mol. The minimum atomic E-state index is 0.380. The summed E-state index contributed by atoms with van der Waals surface area (Å²) >= 11 is 0. The summed E-state index contributed by atoms with van der Waals surface area (Å²) in [5, 5.41) is 3.27. The molecule has 1 aromatic rings. The Kier molecular flexibility index (Phi) is 4.07. The highest BCUT2D eigenvalue weighted by Gasteiger charge is 2.27. The smallest absolute Gasteiger partial charge is 0.0784 e. The van der Waals surface area contributed by atoms with Crippen LogP contribution in [-0.2, 0) is 0 Å². The second-order valence-corrected chi connectivity index (χ2v) is 4.91. The summed E-state index contributed by atoms with van der Waals surface area (Å²) < 4.78 is 0. The molecule has 2 rings (SSSR count). The maximum Gasteiger partial charge on any atom is 0.0784 e. The molecule has 1 fully saturated rings. The lowest BCUT2D eigenvalue weighted by Crippen LogP contribution is -2.28. The molecule has 4 heteroatoms. The van der Waals surface area contributed by atoms with Crippen LogP contribution in [0.15, 0.2) is 12.4 Å². The van der Waals surface area contributed by atoms with Gasteiger partial charge in [-0.15, -0.1) is 0 Å². The van der Waals surface area contributed by atoms with Gasteiger partial charge in [-0.1, -0.05) is 0 Å². The fourth-order valence-electron chi connectivity index (χ4n) is 2.67. The third-order valence-electron chi connectivity index (χ3n) is 3.67. The second-order valence-electron chi connectivity index (χ2n) is 4.91. The first-order valence-corrected chi connectivity index (χ1v) is 6.38. The van der Waals surface area contributed by atoms with Crippen LogP contribution in [0, 0.1) is 12.8 Å². The van der Waals surface area contributed by atoms with Gasteiger partial charge in [-0.2, -0.15) is 0 Å². The van der Waals surface area contributed by atoms with E-state index in [-0.39, 0.29) is 0 Å². The van der Waals surface area contributed by atoms with Crippen LogP contribution < -0.4 is 5.32 Å². The molecule has 4 nitrogen and oxygen atoms in total. The van der Waals surface area contributed by atoms with Crippen molar-refractivity contribution in [3.8, 4) is 0 Å². The standard InChI is InChI=1S/C13H22N4/c1-10-13(16-6-5-15-10)11(2)17-7-4-12(9-17)8-14-3/h5-6,11-12,14H,4,7-9H2,1-3H3. The summed E-state index contributed by atoms with van der Waals surface area (Å²) in [5.74, 6) is 0.777. The zero-order valence-electron chi connectivity index (χ0n) is 11.0. The van der Waals surface area contributed by atoms with Gasteiger partial charge in [-0.3, -0.25) is 14.9 Å². The first-order chi connectivity index (χ1) is 8.22. The molecule has 1 aliphatic rings. The topological polar surface area (TPSA) is 41.0 Å². The van der Waals surface area contributed by atoms with Crippen molar-refractivity contribution < 1.29 is 0 Å². The van der Waals surface area contributed by atoms with Gasteiger partial charge in [0.05, 0.1) is 17.4 Å². The molecular formula is C13H22N4. The molecule has 0 aliphatic carbocycles. The average Bonchev–Trinajstić information content (AvgIpc) is 2.78. The number of nitrogens with zero attached hydrogens (tertiary/aromatic N) is 3. The largest absolute Gasteiger partial charge is 0.319 e. The molecule has 2 unspecified atom stereocenters. The van der Waals surface area contributed by atoms with Crippen molar-refractivity contribution in [1.82, 2.24) is 20.2 Å². The first-order valence-electron chi connectivity index (χ1n) is 6.38. The van der Waals surface area contributed by atoms with Gasteiger partial charge in [-0.05, 0) is 46.3 Å². The van der Waals surface area contributed by atoms with Crippen molar-refractivity contribution in [3.05, 3.63) is 23.8 Å². The zero-order valence-corrected chi connectivity index (χ0v) is 11.0. The van der Waals surface area contributed by atoms with Gasteiger partial charge in [0.15, 0.2) is 0 Å². The fraction of sp³-hybridized carbons (Fsp3) is 0.692. The van der Waals surface area contributed by atoms with Crippen molar-refractivity contribution in [2.24, 2.45) is 5.92 Å². The molecule has 0 aromatic carbocycles. The van der Waals surface area contributed by atoms with Crippen molar-refractivity contribution in [2.45, 2.75) is 26.3 Å². The van der Waals surface area contributed by atoms with Crippen LogP contribution in [-0.4, -0.2) is 41.5 Å². The molecule has 0 spiro atoms. The first kappa shape index (κ1) is 12.5. The third kappa shape index (κ3) is 2.82. The van der Waals surface area contributed by atoms with Crippen LogP contribution in [0.1, 0.15) is 30.8 Å². The highest BCUT2D eigenvalue weighted by molar-refractivity contribution is 5.13. The van der Waals surface area contributed by atoms with E-state index in [1.807, 2.05) is 14.0 Å². The van der Waals surface area contributed by atoms with Crippen LogP contribution in [0.25, 0.3) is 0 Å². The molecule has 1 saturated heterocycles. The van der Waals surface area contributed by atoms with Gasteiger partial charge in [0.1, 0.15) is 0 Å². The Hall–Kier alpha value is -1.00. The van der Waals surface area contributed by atoms with E-state index in [2.05, 4.69) is 27.1 Å². The summed E-state index contributed by atoms with van der Waals surface area (Å²) in [6.45, 7) is 7.73. The lowest BCUT2D eigenvalue weighted by molar-refractivity contribution is 0.246. The molecule has 0 bridgehead atoms. The Morgan fingerprint density at radius 1 is 1.47 bits per heavy atom. The normalized spacial score (nSPS) is 22.9. The van der Waals surface area contributed by atoms with Crippen molar-refractivity contribution in [1.29, 1.82) is 0 Å². The molecule has 0 saturated carbocycles. The maximum atomic E-state index is 4.47. The second kappa shape index (κ2) is 5.56. The number of aryl methyl sites for hydroxylation is 1. The molecule has 2 atom stereocenters. The summed E-state index contributed by atoms with van der Waals surface area (Å²) in [6, 6.07) is 0.380. The van der Waals surface area contributed by atoms with E-state index in [9.17, 15) is 0 Å². The Morgan fingerprint density at radius 2 is 2.24 bits per heavy atom. The predicted octanol–water partition coefficient (Wildman–Crippen LogP) is 1.39. The summed E-state index contributed by atoms with van der Waals surface area (Å²) in [4.78, 5) is 11.3. The third-order valence-corrected chi connectivity index (χ3v) is 3.67. The van der Waals surface area contributed by atoms with E-state index in [1.54, 1.807) is 12.4 Å². The van der Waals surface area contributed by atoms with Gasteiger partial charge in [0.25, 0.3) is 0 Å². The summed E-state index contributed by atoms with van der Waals surface area (Å²) in [5.41, 5.74) is 2.18. The number of nitrogens with one attached hydrogen (secondary N) is 1. The Bertz CT molecular complexity index is 366. The van der Waals surface area contributed by atoms with Gasteiger partial charge >= 0.3 is 0 Å². The van der Waals surface area contributed by atoms with Gasteiger partial charge < -0.3 is 5.32 Å². The SMILES string of the molecule is CNCC1CCN(C(C)c2nccnc2C)C1. The van der Waals surface area contributed by atoms with Crippen molar-refractivity contribution in [3.63, 3.8) is 0 Å². The van der Waals surface area contributed by atoms with Crippen LogP contribution in [0.3, 0.4) is 0 Å². The van der Waals surface area contributed by atoms with E-state index in [1.165, 1.54) is 13.0 Å². The molecular weight excluding hydrogens is 212 g/mol. The van der Waals surface area contributed by atoms with Gasteiger partial charge in [-0.25, -0.2) is 0 Å². The Labute approximate surface area is 103 Å². The van der Waals surface area contributed by atoms with Crippen LogP contribution >= 0.6 is 0 Å². The minimum absolute atomic E-state index is 0.380. The number of hydrogen-bond donors (Lipinski definition) is 1. The van der Waals surface area contributed by atoms with Crippen LogP contribution in [0.4, 0.5) is 0 Å². The highest BCUT2D eigenvalue weighted by atomic mass is 15.2. The summed E-state index contributed by atoms with van der Waals surface area (Å²) in [6.07, 6.45) is 4.84. The van der Waals surface area contributed by atoms with E-state index in [0.717, 1.165) is 30.4 Å². The molecule has 1 N–H and O–H groups in total. The lowest BCUT2D eigenvalue weighted by atomic mass is 10.1. The Balaban J connectivity index is 2.02. The number of rotatable bonds is 4. The molecule has 1 aliphatic heterocycles. The van der Waals surface area contributed by atoms with E-state index in [4.69, 9.17) is 0 Å². The van der Waals surface area contributed by atoms with Crippen LogP contribution in [0.5, 0.6) is 0 Å². The fourth-order valence-corrected chi connectivity index (χ4v) is 2.67. The zero-order chi connectivity index (χ0) is 12.3. The minimum Gasteiger partial charge on any atom is -0.319 e. The van der Waals surface area contributed by atoms with Gasteiger partial charge in [0, 0.05) is 18.9 Å². The van der Waals surface area contributed by atoms with Crippen molar-refractivity contribution in [2.75, 3.05) is 26.7 Å². The lowest BCUT2D eigenvalue weighted by Gasteiger charge is -2.24. The van der Waals surface area contributed by atoms with Crippen LogP contribution in [0.2, 0.25) is 0 Å². The highest BCUT2D eigenvalue weighted by Crippen LogP contribution is 2.26. The quantitative estimate of drug-likeness (QED) is 0.854. The average molecular weight is 234 g/mol. The van der Waals surface area contributed by atoms with E-state index in [0.29, 0.717) is 6.04 Å². The maximum absolute atomic E-state index is 4.47. The van der Waals surface area contributed by atoms with Crippen molar-refractivity contribution >= 4 is 0 Å². The number of aromatic nitrogens is 2. The van der Waals surface area contributed by atoms with E-state index < -0.39 is 0 Å². The monoisotopic (exact) mass is 234 g/mol. The van der Waals surface area contributed by atoms with Gasteiger partial charge in [0.2, 0.25) is 0 Å². The molecule has 1 aromatic heterocycles. The molecule has 17 heavy (non-hydrogen) atoms. The summed E-state index contributed by atoms with van der Waals surface area (Å²) in [7, 11) is 2.03. The number of hydrogen-bond acceptors (Lipinski definition) is 4. The molecule has 94 valence electrons. The molecule has 0 amide bonds. The molecule has 2 heterocycles.